The molecule has 1 fully saturated rings. The lowest BCUT2D eigenvalue weighted by Crippen LogP contribution is -2.45. The van der Waals surface area contributed by atoms with Gasteiger partial charge in [0.1, 0.15) is 5.82 Å². The summed E-state index contributed by atoms with van der Waals surface area (Å²) in [4.78, 5) is 1.93. The average Bonchev–Trinajstić information content (AvgIpc) is 2.37. The Bertz CT molecular complexity index is 422. The van der Waals surface area contributed by atoms with E-state index < -0.39 is 18.3 Å². The van der Waals surface area contributed by atoms with Gasteiger partial charge in [0.15, 0.2) is 0 Å². The Morgan fingerprint density at radius 2 is 1.95 bits per heavy atom. The molecule has 0 amide bonds. The molecule has 0 aliphatic carbocycles. The van der Waals surface area contributed by atoms with E-state index in [1.165, 1.54) is 6.07 Å². The van der Waals surface area contributed by atoms with Crippen LogP contribution in [-0.4, -0.2) is 37.5 Å². The normalized spacial score (nSPS) is 18.8. The van der Waals surface area contributed by atoms with Gasteiger partial charge in [-0.3, -0.25) is 4.90 Å². The number of halogens is 4. The van der Waals surface area contributed by atoms with Crippen LogP contribution in [0, 0.1) is 5.82 Å². The van der Waals surface area contributed by atoms with Crippen LogP contribution in [0.3, 0.4) is 0 Å². The molecular weight excluding hydrogens is 321 g/mol. The first kappa shape index (κ1) is 14.8. The Morgan fingerprint density at radius 3 is 2.53 bits per heavy atom. The highest BCUT2D eigenvalue weighted by Gasteiger charge is 2.27. The number of nitrogens with one attached hydrogen (secondary N) is 1. The maximum Gasteiger partial charge on any atom is 0.240 e. The zero-order chi connectivity index (χ0) is 13.8. The third-order valence-electron chi connectivity index (χ3n) is 3.32. The molecule has 106 valence electrons. The molecule has 1 saturated heterocycles. The van der Waals surface area contributed by atoms with Crippen molar-refractivity contribution < 1.29 is 13.2 Å². The SMILES string of the molecule is Fc1cc(Br)ccc1[C@@H](CC(F)F)N1CCNCC1. The molecule has 6 heteroatoms. The Morgan fingerprint density at radius 1 is 1.26 bits per heavy atom. The minimum Gasteiger partial charge on any atom is -0.314 e. The maximum atomic E-state index is 14.0. The van der Waals surface area contributed by atoms with E-state index in [0.29, 0.717) is 23.1 Å². The Kier molecular flexibility index (Phi) is 5.24. The predicted molar refractivity (Wildman–Crippen MR) is 71.9 cm³/mol. The summed E-state index contributed by atoms with van der Waals surface area (Å²) in [6.07, 6.45) is -2.78. The van der Waals surface area contributed by atoms with Crippen molar-refractivity contribution in [1.82, 2.24) is 10.2 Å². The van der Waals surface area contributed by atoms with Crippen molar-refractivity contribution in [2.45, 2.75) is 18.9 Å². The molecule has 1 atom stereocenters. The summed E-state index contributed by atoms with van der Waals surface area (Å²) in [5.74, 6) is -0.432. The van der Waals surface area contributed by atoms with Gasteiger partial charge in [0.25, 0.3) is 0 Å². The molecule has 0 bridgehead atoms. The number of hydrogen-bond acceptors (Lipinski definition) is 2. The Labute approximate surface area is 119 Å². The number of benzene rings is 1. The van der Waals surface area contributed by atoms with Gasteiger partial charge in [0, 0.05) is 48.7 Å². The standard InChI is InChI=1S/C13H16BrF3N2/c14-9-1-2-10(11(15)7-9)12(8-13(16)17)19-5-3-18-4-6-19/h1-2,7,12-13,18H,3-6,8H2/t12-/m1/s1. The Hall–Kier alpha value is -0.590. The van der Waals surface area contributed by atoms with Crippen LogP contribution in [0.4, 0.5) is 13.2 Å². The second-order valence-electron chi connectivity index (χ2n) is 4.59. The van der Waals surface area contributed by atoms with Crippen molar-refractivity contribution in [3.8, 4) is 0 Å². The molecule has 1 heterocycles. The highest BCUT2D eigenvalue weighted by atomic mass is 79.9. The molecule has 0 spiro atoms. The van der Waals surface area contributed by atoms with Crippen LogP contribution < -0.4 is 5.32 Å². The quantitative estimate of drug-likeness (QED) is 0.908. The molecule has 1 aliphatic rings. The van der Waals surface area contributed by atoms with Crippen molar-refractivity contribution >= 4 is 15.9 Å². The molecule has 0 saturated carbocycles. The molecule has 1 aromatic carbocycles. The molecule has 2 nitrogen and oxygen atoms in total. The van der Waals surface area contributed by atoms with Gasteiger partial charge in [0.2, 0.25) is 6.43 Å². The summed E-state index contributed by atoms with van der Waals surface area (Å²) in [5.41, 5.74) is 0.352. The van der Waals surface area contributed by atoms with Crippen LogP contribution in [0.1, 0.15) is 18.0 Å². The molecule has 1 aliphatic heterocycles. The fourth-order valence-electron chi connectivity index (χ4n) is 2.41. The number of alkyl halides is 2. The third kappa shape index (κ3) is 3.94. The van der Waals surface area contributed by atoms with Gasteiger partial charge in [-0.05, 0) is 12.1 Å². The fourth-order valence-corrected chi connectivity index (χ4v) is 2.74. The summed E-state index contributed by atoms with van der Waals surface area (Å²) in [6.45, 7) is 2.82. The smallest absolute Gasteiger partial charge is 0.240 e. The number of rotatable bonds is 4. The first-order valence-electron chi connectivity index (χ1n) is 6.26. The monoisotopic (exact) mass is 336 g/mol. The highest BCUT2D eigenvalue weighted by Crippen LogP contribution is 2.30. The van der Waals surface area contributed by atoms with E-state index >= 15 is 0 Å². The molecule has 0 aromatic heterocycles. The molecule has 1 aromatic rings. The van der Waals surface area contributed by atoms with Crippen molar-refractivity contribution in [3.05, 3.63) is 34.1 Å². The lowest BCUT2D eigenvalue weighted by Gasteiger charge is -2.35. The minimum atomic E-state index is -2.44. The summed E-state index contributed by atoms with van der Waals surface area (Å²) >= 11 is 3.18. The van der Waals surface area contributed by atoms with Crippen molar-refractivity contribution in [2.75, 3.05) is 26.2 Å². The topological polar surface area (TPSA) is 15.3 Å². The summed E-state index contributed by atoms with van der Waals surface area (Å²) in [5, 5.41) is 3.17. The van der Waals surface area contributed by atoms with Gasteiger partial charge in [-0.2, -0.15) is 0 Å². The zero-order valence-corrected chi connectivity index (χ0v) is 12.0. The molecule has 1 N–H and O–H groups in total. The predicted octanol–water partition coefficient (Wildman–Crippen LogP) is 3.19. The fraction of sp³-hybridized carbons (Fsp3) is 0.538. The first-order chi connectivity index (χ1) is 9.08. The van der Waals surface area contributed by atoms with Gasteiger partial charge >= 0.3 is 0 Å². The number of hydrogen-bond donors (Lipinski definition) is 1. The average molecular weight is 337 g/mol. The third-order valence-corrected chi connectivity index (χ3v) is 3.81. The summed E-state index contributed by atoms with van der Waals surface area (Å²) < 4.78 is 40.1. The number of piperazine rings is 1. The van der Waals surface area contributed by atoms with E-state index in [1.807, 2.05) is 4.90 Å². The van der Waals surface area contributed by atoms with Crippen molar-refractivity contribution in [3.63, 3.8) is 0 Å². The van der Waals surface area contributed by atoms with E-state index in [9.17, 15) is 13.2 Å². The van der Waals surface area contributed by atoms with Crippen LogP contribution in [0.5, 0.6) is 0 Å². The van der Waals surface area contributed by atoms with Crippen LogP contribution >= 0.6 is 15.9 Å². The minimum absolute atomic E-state index is 0.335. The van der Waals surface area contributed by atoms with Crippen LogP contribution in [0.15, 0.2) is 22.7 Å². The maximum absolute atomic E-state index is 14.0. The van der Waals surface area contributed by atoms with Gasteiger partial charge in [-0.1, -0.05) is 22.0 Å². The lowest BCUT2D eigenvalue weighted by atomic mass is 10.0. The van der Waals surface area contributed by atoms with E-state index in [2.05, 4.69) is 21.2 Å². The van der Waals surface area contributed by atoms with Crippen LogP contribution in [-0.2, 0) is 0 Å². The number of nitrogens with zero attached hydrogens (tertiary/aromatic N) is 1. The Balaban J connectivity index is 2.25. The van der Waals surface area contributed by atoms with Gasteiger partial charge in [0.05, 0.1) is 0 Å². The van der Waals surface area contributed by atoms with Crippen molar-refractivity contribution in [2.24, 2.45) is 0 Å². The van der Waals surface area contributed by atoms with E-state index in [1.54, 1.807) is 12.1 Å². The lowest BCUT2D eigenvalue weighted by molar-refractivity contribution is 0.0725. The molecule has 0 radical (unpaired) electrons. The largest absolute Gasteiger partial charge is 0.314 e. The second-order valence-corrected chi connectivity index (χ2v) is 5.51. The highest BCUT2D eigenvalue weighted by molar-refractivity contribution is 9.10. The van der Waals surface area contributed by atoms with Gasteiger partial charge in [-0.15, -0.1) is 0 Å². The van der Waals surface area contributed by atoms with Crippen LogP contribution in [0.25, 0.3) is 0 Å². The molecule has 0 unspecified atom stereocenters. The van der Waals surface area contributed by atoms with E-state index in [-0.39, 0.29) is 6.42 Å². The van der Waals surface area contributed by atoms with Gasteiger partial charge in [-0.25, -0.2) is 13.2 Å². The molecule has 2 rings (SSSR count). The molecule has 19 heavy (non-hydrogen) atoms. The van der Waals surface area contributed by atoms with Gasteiger partial charge < -0.3 is 5.32 Å². The van der Waals surface area contributed by atoms with E-state index in [4.69, 9.17) is 0 Å². The summed E-state index contributed by atoms with van der Waals surface area (Å²) in [6, 6.07) is 4.05. The zero-order valence-electron chi connectivity index (χ0n) is 10.4. The molecular formula is C13H16BrF3N2. The van der Waals surface area contributed by atoms with E-state index in [0.717, 1.165) is 13.1 Å². The van der Waals surface area contributed by atoms with Crippen molar-refractivity contribution in [1.29, 1.82) is 0 Å². The van der Waals surface area contributed by atoms with Crippen LogP contribution in [0.2, 0.25) is 0 Å². The summed E-state index contributed by atoms with van der Waals surface area (Å²) in [7, 11) is 0. The first-order valence-corrected chi connectivity index (χ1v) is 7.05. The second kappa shape index (κ2) is 6.72.